The van der Waals surface area contributed by atoms with Crippen LogP contribution in [-0.2, 0) is 4.74 Å². The second-order valence-corrected chi connectivity index (χ2v) is 4.92. The minimum atomic E-state index is -0.357. The molecule has 2 aromatic carbocycles. The van der Waals surface area contributed by atoms with Crippen LogP contribution in [0.15, 0.2) is 54.9 Å². The maximum absolute atomic E-state index is 11.4. The summed E-state index contributed by atoms with van der Waals surface area (Å²) in [6, 6.07) is 15.1. The minimum absolute atomic E-state index is 0.357. The highest BCUT2D eigenvalue weighted by Crippen LogP contribution is 2.17. The summed E-state index contributed by atoms with van der Waals surface area (Å²) >= 11 is 0. The van der Waals surface area contributed by atoms with Crippen LogP contribution >= 0.6 is 0 Å². The average molecular weight is 293 g/mol. The number of carbonyl (C=O) groups excluding carboxylic acids is 1. The van der Waals surface area contributed by atoms with Gasteiger partial charge in [0.05, 0.1) is 18.4 Å². The van der Waals surface area contributed by atoms with Crippen LogP contribution in [0.1, 0.15) is 15.9 Å². The maximum atomic E-state index is 11.4. The maximum Gasteiger partial charge on any atom is 0.337 e. The summed E-state index contributed by atoms with van der Waals surface area (Å²) in [5.41, 5.74) is 3.50. The van der Waals surface area contributed by atoms with E-state index in [0.29, 0.717) is 11.4 Å². The van der Waals surface area contributed by atoms with Gasteiger partial charge in [-0.3, -0.25) is 0 Å². The molecule has 0 saturated heterocycles. The van der Waals surface area contributed by atoms with Gasteiger partial charge in [-0.25, -0.2) is 14.5 Å². The highest BCUT2D eigenvalue weighted by atomic mass is 16.5. The molecule has 1 heterocycles. The zero-order chi connectivity index (χ0) is 15.5. The van der Waals surface area contributed by atoms with E-state index in [2.05, 4.69) is 14.8 Å². The predicted molar refractivity (Wildman–Crippen MR) is 82.9 cm³/mol. The topological polar surface area (TPSA) is 57.0 Å². The van der Waals surface area contributed by atoms with Crippen LogP contribution in [0.5, 0.6) is 0 Å². The fraction of sp³-hybridized carbons (Fsp3) is 0.118. The van der Waals surface area contributed by atoms with Crippen LogP contribution in [0.3, 0.4) is 0 Å². The third-order valence-corrected chi connectivity index (χ3v) is 3.35. The van der Waals surface area contributed by atoms with E-state index < -0.39 is 0 Å². The second kappa shape index (κ2) is 5.81. The summed E-state index contributed by atoms with van der Waals surface area (Å²) in [4.78, 5) is 15.7. The molecule has 0 bridgehead atoms. The van der Waals surface area contributed by atoms with Crippen molar-refractivity contribution in [2.24, 2.45) is 0 Å². The van der Waals surface area contributed by atoms with Gasteiger partial charge in [-0.1, -0.05) is 29.8 Å². The molecule has 3 rings (SSSR count). The molecule has 0 amide bonds. The van der Waals surface area contributed by atoms with E-state index in [4.69, 9.17) is 0 Å². The SMILES string of the molecule is COC(=O)c1ccc(-c2ncn(-c3ccc(C)cc3)n2)cc1. The van der Waals surface area contributed by atoms with E-state index in [1.165, 1.54) is 12.7 Å². The lowest BCUT2D eigenvalue weighted by Gasteiger charge is -2.01. The first-order chi connectivity index (χ1) is 10.7. The molecular formula is C17H15N3O2. The van der Waals surface area contributed by atoms with Crippen LogP contribution in [0, 0.1) is 6.92 Å². The van der Waals surface area contributed by atoms with E-state index in [0.717, 1.165) is 11.3 Å². The number of ether oxygens (including phenoxy) is 1. The van der Waals surface area contributed by atoms with Crippen molar-refractivity contribution in [1.29, 1.82) is 0 Å². The number of benzene rings is 2. The molecule has 0 unspecified atom stereocenters. The monoisotopic (exact) mass is 293 g/mol. The molecule has 3 aromatic rings. The first-order valence-electron chi connectivity index (χ1n) is 6.85. The van der Waals surface area contributed by atoms with Crippen molar-refractivity contribution in [3.63, 3.8) is 0 Å². The van der Waals surface area contributed by atoms with Crippen molar-refractivity contribution < 1.29 is 9.53 Å². The van der Waals surface area contributed by atoms with Gasteiger partial charge < -0.3 is 4.74 Å². The molecule has 5 nitrogen and oxygen atoms in total. The molecule has 0 fully saturated rings. The van der Waals surface area contributed by atoms with Gasteiger partial charge in [0.15, 0.2) is 5.82 Å². The van der Waals surface area contributed by atoms with Gasteiger partial charge >= 0.3 is 5.97 Å². The Morgan fingerprint density at radius 3 is 2.36 bits per heavy atom. The number of methoxy groups -OCH3 is 1. The summed E-state index contributed by atoms with van der Waals surface area (Å²) in [5.74, 6) is 0.252. The Bertz CT molecular complexity index is 790. The van der Waals surface area contributed by atoms with E-state index in [1.807, 2.05) is 31.2 Å². The second-order valence-electron chi connectivity index (χ2n) is 4.92. The standard InChI is InChI=1S/C17H15N3O2/c1-12-3-9-15(10-4-12)20-11-18-16(19-20)13-5-7-14(8-6-13)17(21)22-2/h3-11H,1-2H3. The number of esters is 1. The molecule has 22 heavy (non-hydrogen) atoms. The summed E-state index contributed by atoms with van der Waals surface area (Å²) < 4.78 is 6.40. The van der Waals surface area contributed by atoms with Crippen LogP contribution < -0.4 is 0 Å². The van der Waals surface area contributed by atoms with Gasteiger partial charge in [-0.2, -0.15) is 0 Å². The van der Waals surface area contributed by atoms with E-state index in [-0.39, 0.29) is 5.97 Å². The number of carbonyl (C=O) groups is 1. The van der Waals surface area contributed by atoms with Gasteiger partial charge in [0.2, 0.25) is 0 Å². The smallest absolute Gasteiger partial charge is 0.337 e. The highest BCUT2D eigenvalue weighted by Gasteiger charge is 2.08. The number of hydrogen-bond donors (Lipinski definition) is 0. The van der Waals surface area contributed by atoms with E-state index >= 15 is 0 Å². The molecule has 5 heteroatoms. The van der Waals surface area contributed by atoms with Crippen LogP contribution in [-0.4, -0.2) is 27.8 Å². The molecule has 0 aliphatic heterocycles. The Hall–Kier alpha value is -2.95. The zero-order valence-corrected chi connectivity index (χ0v) is 12.4. The molecule has 0 atom stereocenters. The fourth-order valence-electron chi connectivity index (χ4n) is 2.09. The number of rotatable bonds is 3. The molecule has 0 aliphatic carbocycles. The van der Waals surface area contributed by atoms with Crippen molar-refractivity contribution in [3.8, 4) is 17.1 Å². The molecule has 110 valence electrons. The normalized spacial score (nSPS) is 10.5. The molecule has 0 spiro atoms. The molecule has 0 N–H and O–H groups in total. The van der Waals surface area contributed by atoms with Crippen LogP contribution in [0.25, 0.3) is 17.1 Å². The van der Waals surface area contributed by atoms with Gasteiger partial charge in [0.1, 0.15) is 6.33 Å². The van der Waals surface area contributed by atoms with Gasteiger partial charge in [-0.05, 0) is 31.2 Å². The Balaban J connectivity index is 1.87. The number of nitrogens with zero attached hydrogens (tertiary/aromatic N) is 3. The zero-order valence-electron chi connectivity index (χ0n) is 12.4. The third-order valence-electron chi connectivity index (χ3n) is 3.35. The summed E-state index contributed by atoms with van der Waals surface area (Å²) in [5, 5.41) is 4.46. The Kier molecular flexibility index (Phi) is 3.70. The van der Waals surface area contributed by atoms with Crippen molar-refractivity contribution in [1.82, 2.24) is 14.8 Å². The minimum Gasteiger partial charge on any atom is -0.465 e. The Labute approximate surface area is 128 Å². The predicted octanol–water partition coefficient (Wildman–Crippen LogP) is 3.03. The Morgan fingerprint density at radius 2 is 1.73 bits per heavy atom. The van der Waals surface area contributed by atoms with Crippen molar-refractivity contribution in [3.05, 3.63) is 66.0 Å². The van der Waals surface area contributed by atoms with E-state index in [9.17, 15) is 4.79 Å². The first kappa shape index (κ1) is 14.0. The van der Waals surface area contributed by atoms with Crippen molar-refractivity contribution in [2.45, 2.75) is 6.92 Å². The third kappa shape index (κ3) is 2.74. The lowest BCUT2D eigenvalue weighted by atomic mass is 10.1. The summed E-state index contributed by atoms with van der Waals surface area (Å²) in [6.45, 7) is 2.04. The molecule has 0 aliphatic rings. The lowest BCUT2D eigenvalue weighted by molar-refractivity contribution is 0.0601. The summed E-state index contributed by atoms with van der Waals surface area (Å²) in [7, 11) is 1.36. The van der Waals surface area contributed by atoms with Gasteiger partial charge in [0.25, 0.3) is 0 Å². The van der Waals surface area contributed by atoms with Crippen molar-refractivity contribution >= 4 is 5.97 Å². The number of aryl methyl sites for hydroxylation is 1. The van der Waals surface area contributed by atoms with Gasteiger partial charge in [0, 0.05) is 5.56 Å². The first-order valence-corrected chi connectivity index (χ1v) is 6.85. The fourth-order valence-corrected chi connectivity index (χ4v) is 2.09. The van der Waals surface area contributed by atoms with E-state index in [1.54, 1.807) is 35.3 Å². The lowest BCUT2D eigenvalue weighted by Crippen LogP contribution is -2.00. The average Bonchev–Trinajstić information content (AvgIpc) is 3.05. The number of hydrogen-bond acceptors (Lipinski definition) is 4. The molecule has 0 saturated carbocycles. The Morgan fingerprint density at radius 1 is 1.05 bits per heavy atom. The molecule has 1 aromatic heterocycles. The quantitative estimate of drug-likeness (QED) is 0.696. The van der Waals surface area contributed by atoms with Crippen LogP contribution in [0.4, 0.5) is 0 Å². The highest BCUT2D eigenvalue weighted by molar-refractivity contribution is 5.89. The molecule has 0 radical (unpaired) electrons. The van der Waals surface area contributed by atoms with Gasteiger partial charge in [-0.15, -0.1) is 5.10 Å². The summed E-state index contributed by atoms with van der Waals surface area (Å²) in [6.07, 6.45) is 1.67. The van der Waals surface area contributed by atoms with Crippen molar-refractivity contribution in [2.75, 3.05) is 7.11 Å². The molecular weight excluding hydrogens is 278 g/mol. The number of aromatic nitrogens is 3. The largest absolute Gasteiger partial charge is 0.465 e. The van der Waals surface area contributed by atoms with Crippen LogP contribution in [0.2, 0.25) is 0 Å².